The fourth-order valence-corrected chi connectivity index (χ4v) is 4.27. The van der Waals surface area contributed by atoms with Crippen molar-refractivity contribution in [1.82, 2.24) is 14.5 Å². The first-order chi connectivity index (χ1) is 16.3. The van der Waals surface area contributed by atoms with Crippen LogP contribution in [-0.4, -0.2) is 40.6 Å². The molecule has 0 saturated heterocycles. The molecule has 0 aliphatic carbocycles. The summed E-state index contributed by atoms with van der Waals surface area (Å²) < 4.78 is 13.2. The molecule has 6 nitrogen and oxygen atoms in total. The Bertz CT molecular complexity index is 1320. The molecule has 0 spiro atoms. The van der Waals surface area contributed by atoms with Crippen LogP contribution in [0, 0.1) is 0 Å². The number of fused-ring (bicyclic) bond motifs is 2. The van der Waals surface area contributed by atoms with Crippen molar-refractivity contribution in [3.05, 3.63) is 71.0 Å². The monoisotopic (exact) mass is 479 g/mol. The van der Waals surface area contributed by atoms with E-state index in [1.807, 2.05) is 49.5 Å². The predicted octanol–water partition coefficient (Wildman–Crippen LogP) is 6.00. The van der Waals surface area contributed by atoms with Gasteiger partial charge < -0.3 is 14.0 Å². The van der Waals surface area contributed by atoms with Gasteiger partial charge in [0.15, 0.2) is 0 Å². The topological polar surface area (TPSA) is 56.6 Å². The third kappa shape index (κ3) is 5.51. The van der Waals surface area contributed by atoms with Gasteiger partial charge in [0, 0.05) is 35.9 Å². The van der Waals surface area contributed by atoms with E-state index in [2.05, 4.69) is 47.7 Å². The summed E-state index contributed by atoms with van der Waals surface area (Å²) in [7, 11) is 1.91. The number of hydrogen-bond acceptors (Lipinski definition) is 5. The minimum Gasteiger partial charge on any atom is -0.489 e. The molecule has 2 aromatic heterocycles. The summed E-state index contributed by atoms with van der Waals surface area (Å²) in [6, 6.07) is 14.7. The molecule has 34 heavy (non-hydrogen) atoms. The molecule has 178 valence electrons. The molecular formula is C27H30ClN3O3. The van der Waals surface area contributed by atoms with E-state index in [-0.39, 0.29) is 12.5 Å². The van der Waals surface area contributed by atoms with E-state index >= 15 is 0 Å². The number of carbonyl (C=O) groups excluding carboxylic acids is 1. The van der Waals surface area contributed by atoms with Crippen molar-refractivity contribution < 1.29 is 14.3 Å². The molecule has 4 rings (SSSR count). The van der Waals surface area contributed by atoms with Gasteiger partial charge in [0.25, 0.3) is 0 Å². The normalized spacial score (nSPS) is 11.6. The smallest absolute Gasteiger partial charge is 0.320 e. The highest BCUT2D eigenvalue weighted by Gasteiger charge is 2.12. The number of aromatic nitrogens is 2. The van der Waals surface area contributed by atoms with Gasteiger partial charge in [-0.05, 0) is 68.4 Å². The maximum Gasteiger partial charge on any atom is 0.320 e. The number of halogens is 1. The molecule has 2 heterocycles. The minimum atomic E-state index is -0.207. The lowest BCUT2D eigenvalue weighted by molar-refractivity contribution is -0.144. The molecule has 0 bridgehead atoms. The van der Waals surface area contributed by atoms with Crippen LogP contribution < -0.4 is 4.74 Å². The quantitative estimate of drug-likeness (QED) is 0.276. The second-order valence-corrected chi connectivity index (χ2v) is 9.21. The van der Waals surface area contributed by atoms with E-state index < -0.39 is 0 Å². The summed E-state index contributed by atoms with van der Waals surface area (Å²) in [5.74, 6) is 0.590. The van der Waals surface area contributed by atoms with Crippen LogP contribution in [0.4, 0.5) is 0 Å². The fraction of sp³-hybridized carbons (Fsp3) is 0.333. The van der Waals surface area contributed by atoms with E-state index in [0.29, 0.717) is 30.8 Å². The number of carbonyl (C=O) groups is 1. The number of benzene rings is 2. The zero-order valence-electron chi connectivity index (χ0n) is 20.0. The molecule has 0 saturated carbocycles. The highest BCUT2D eigenvalue weighted by atomic mass is 35.5. The lowest BCUT2D eigenvalue weighted by Crippen LogP contribution is -2.26. The molecule has 0 radical (unpaired) electrons. The van der Waals surface area contributed by atoms with Crippen molar-refractivity contribution >= 4 is 39.4 Å². The maximum atomic E-state index is 11.7. The molecule has 0 atom stereocenters. The highest BCUT2D eigenvalue weighted by molar-refractivity contribution is 6.35. The van der Waals surface area contributed by atoms with Gasteiger partial charge in [0.1, 0.15) is 18.0 Å². The van der Waals surface area contributed by atoms with E-state index in [4.69, 9.17) is 21.1 Å². The third-order valence-electron chi connectivity index (χ3n) is 5.67. The van der Waals surface area contributed by atoms with Crippen molar-refractivity contribution in [2.24, 2.45) is 0 Å². The first-order valence-corrected chi connectivity index (χ1v) is 11.9. The van der Waals surface area contributed by atoms with Crippen LogP contribution in [0.3, 0.4) is 0 Å². The van der Waals surface area contributed by atoms with Crippen LogP contribution in [0.1, 0.15) is 37.9 Å². The van der Waals surface area contributed by atoms with Crippen molar-refractivity contribution in [2.75, 3.05) is 20.2 Å². The molecule has 0 aliphatic heterocycles. The summed E-state index contributed by atoms with van der Waals surface area (Å²) in [6.45, 7) is 7.79. The van der Waals surface area contributed by atoms with Crippen LogP contribution in [0.25, 0.3) is 21.8 Å². The van der Waals surface area contributed by atoms with Crippen LogP contribution in [0.5, 0.6) is 5.75 Å². The fourth-order valence-electron chi connectivity index (χ4n) is 4.03. The summed E-state index contributed by atoms with van der Waals surface area (Å²) in [5.41, 5.74) is 2.99. The molecule has 2 aromatic carbocycles. The first-order valence-electron chi connectivity index (χ1n) is 11.5. The molecule has 7 heteroatoms. The van der Waals surface area contributed by atoms with Gasteiger partial charge in [-0.25, -0.2) is 4.98 Å². The predicted molar refractivity (Wildman–Crippen MR) is 136 cm³/mol. The molecule has 0 unspecified atom stereocenters. The van der Waals surface area contributed by atoms with Crippen molar-refractivity contribution in [1.29, 1.82) is 0 Å². The Hall–Kier alpha value is -3.09. The number of rotatable bonds is 9. The first kappa shape index (κ1) is 24.0. The number of nitrogens with zero attached hydrogens (tertiary/aromatic N) is 3. The zero-order valence-corrected chi connectivity index (χ0v) is 20.8. The third-order valence-corrected chi connectivity index (χ3v) is 5.97. The summed E-state index contributed by atoms with van der Waals surface area (Å²) in [5, 5.41) is 3.86. The van der Waals surface area contributed by atoms with Crippen molar-refractivity contribution in [2.45, 2.75) is 40.0 Å². The average Bonchev–Trinajstić information content (AvgIpc) is 3.14. The second-order valence-electron chi connectivity index (χ2n) is 8.80. The van der Waals surface area contributed by atoms with Gasteiger partial charge in [-0.15, -0.1) is 0 Å². The minimum absolute atomic E-state index is 0.207. The Kier molecular flexibility index (Phi) is 7.39. The van der Waals surface area contributed by atoms with Crippen molar-refractivity contribution in [3.63, 3.8) is 0 Å². The van der Waals surface area contributed by atoms with Gasteiger partial charge >= 0.3 is 5.97 Å². The van der Waals surface area contributed by atoms with Crippen molar-refractivity contribution in [3.8, 4) is 5.75 Å². The van der Waals surface area contributed by atoms with E-state index in [1.165, 1.54) is 0 Å². The van der Waals surface area contributed by atoms with Crippen LogP contribution in [0.15, 0.2) is 54.9 Å². The van der Waals surface area contributed by atoms with Gasteiger partial charge in [-0.3, -0.25) is 9.69 Å². The largest absolute Gasteiger partial charge is 0.489 e. The SMILES string of the molecule is CCOC(=O)CN(C)Cc1ccc2cc(OCc3cnc4c(c3)c(Cl)cn4C(C)C)ccc2c1. The molecule has 0 amide bonds. The van der Waals surface area contributed by atoms with Gasteiger partial charge in [-0.1, -0.05) is 29.8 Å². The lowest BCUT2D eigenvalue weighted by atomic mass is 10.1. The average molecular weight is 480 g/mol. The van der Waals surface area contributed by atoms with Gasteiger partial charge in [0.05, 0.1) is 18.2 Å². The summed E-state index contributed by atoms with van der Waals surface area (Å²) >= 11 is 6.43. The number of pyridine rings is 1. The molecule has 4 aromatic rings. The van der Waals surface area contributed by atoms with Crippen LogP contribution >= 0.6 is 11.6 Å². The molecule has 0 fully saturated rings. The van der Waals surface area contributed by atoms with E-state index in [1.54, 1.807) is 0 Å². The Labute approximate surface area is 205 Å². The van der Waals surface area contributed by atoms with Crippen LogP contribution in [0.2, 0.25) is 5.02 Å². The van der Waals surface area contributed by atoms with E-state index in [9.17, 15) is 4.79 Å². The Balaban J connectivity index is 1.42. The summed E-state index contributed by atoms with van der Waals surface area (Å²) in [6.07, 6.45) is 3.78. The number of likely N-dealkylation sites (N-methyl/N-ethyl adjacent to an activating group) is 1. The maximum absolute atomic E-state index is 11.7. The Morgan fingerprint density at radius 2 is 1.88 bits per heavy atom. The number of esters is 1. The zero-order chi connectivity index (χ0) is 24.2. The Morgan fingerprint density at radius 3 is 2.65 bits per heavy atom. The molecule has 0 N–H and O–H groups in total. The lowest BCUT2D eigenvalue weighted by Gasteiger charge is -2.16. The van der Waals surface area contributed by atoms with Gasteiger partial charge in [-0.2, -0.15) is 0 Å². The Morgan fingerprint density at radius 1 is 1.12 bits per heavy atom. The van der Waals surface area contributed by atoms with E-state index in [0.717, 1.165) is 38.7 Å². The summed E-state index contributed by atoms with van der Waals surface area (Å²) in [4.78, 5) is 18.2. The number of hydrogen-bond donors (Lipinski definition) is 0. The highest BCUT2D eigenvalue weighted by Crippen LogP contribution is 2.28. The molecule has 0 aliphatic rings. The molecular weight excluding hydrogens is 450 g/mol. The number of ether oxygens (including phenoxy) is 2. The standard InChI is InChI=1S/C27H30ClN3O3/c1-5-33-26(32)16-30(4)14-19-6-7-22-12-23(9-8-21(22)10-19)34-17-20-11-24-25(28)15-31(18(2)3)27(24)29-13-20/h6-13,15,18H,5,14,16-17H2,1-4H3. The van der Waals surface area contributed by atoms with Crippen LogP contribution in [-0.2, 0) is 22.7 Å². The van der Waals surface area contributed by atoms with Gasteiger partial charge in [0.2, 0.25) is 0 Å². The second kappa shape index (κ2) is 10.5.